The summed E-state index contributed by atoms with van der Waals surface area (Å²) in [6, 6.07) is 3.66. The molecule has 1 aliphatic heterocycles. The van der Waals surface area contributed by atoms with Crippen LogP contribution < -0.4 is 5.43 Å². The first-order valence-electron chi connectivity index (χ1n) is 9.99. The van der Waals surface area contributed by atoms with E-state index < -0.39 is 18.2 Å². The van der Waals surface area contributed by atoms with Gasteiger partial charge in [-0.25, -0.2) is 0 Å². The van der Waals surface area contributed by atoms with E-state index >= 15 is 0 Å². The van der Waals surface area contributed by atoms with Crippen LogP contribution in [0.15, 0.2) is 47.3 Å². The van der Waals surface area contributed by atoms with Gasteiger partial charge in [-0.2, -0.15) is 13.2 Å². The lowest BCUT2D eigenvalue weighted by Gasteiger charge is -2.29. The predicted octanol–water partition coefficient (Wildman–Crippen LogP) is 6.64. The zero-order valence-corrected chi connectivity index (χ0v) is 20.6. The number of rotatable bonds is 6. The van der Waals surface area contributed by atoms with Crippen molar-refractivity contribution >= 4 is 34.8 Å². The average Bonchev–Trinajstić information content (AvgIpc) is 3.20. The summed E-state index contributed by atoms with van der Waals surface area (Å²) in [6.45, 7) is 7.26. The Morgan fingerprint density at radius 3 is 2.27 bits per heavy atom. The minimum atomic E-state index is -4.75. The number of terminal acetylenes is 1. The first-order chi connectivity index (χ1) is 15.5. The normalized spacial score (nSPS) is 17.7. The zero-order valence-electron chi connectivity index (χ0n) is 19.1. The highest BCUT2D eigenvalue weighted by atomic mass is 35.5. The number of hydrazine groups is 1. The van der Waals surface area contributed by atoms with Crippen molar-refractivity contribution in [1.29, 1.82) is 0 Å². The molecule has 0 saturated heterocycles. The smallest absolute Gasteiger partial charge is 0.374 e. The van der Waals surface area contributed by atoms with E-state index in [-0.39, 0.29) is 27.2 Å². The third kappa shape index (κ3) is 8.34. The fourth-order valence-electron chi connectivity index (χ4n) is 2.63. The van der Waals surface area contributed by atoms with Gasteiger partial charge < -0.3 is 4.84 Å². The van der Waals surface area contributed by atoms with Gasteiger partial charge >= 0.3 is 6.18 Å². The molecule has 0 saturated carbocycles. The first-order valence-corrected chi connectivity index (χ1v) is 10.7. The molecule has 1 aromatic rings. The highest BCUT2D eigenvalue weighted by Gasteiger charge is 2.62. The Kier molecular flexibility index (Phi) is 12.7. The second-order valence-electron chi connectivity index (χ2n) is 6.42. The molecule has 0 spiro atoms. The number of carbonyl (C=O) groups is 1. The molecule has 1 heterocycles. The molecule has 2 rings (SSSR count). The third-order valence-electron chi connectivity index (χ3n) is 4.18. The van der Waals surface area contributed by atoms with E-state index in [0.29, 0.717) is 12.1 Å². The maximum atomic E-state index is 13.9. The fourth-order valence-corrected chi connectivity index (χ4v) is 3.16. The molecule has 5 nitrogen and oxygen atoms in total. The summed E-state index contributed by atoms with van der Waals surface area (Å²) in [6.07, 6.45) is 8.06. The molecule has 0 fully saturated rings. The van der Waals surface area contributed by atoms with Crippen LogP contribution in [0.2, 0.25) is 10.0 Å². The molecule has 10 heteroatoms. The number of hydrogen-bond donors (Lipinski definition) is 1. The molecule has 33 heavy (non-hydrogen) atoms. The number of oxime groups is 1. The highest BCUT2D eigenvalue weighted by molar-refractivity contribution is 6.34. The van der Waals surface area contributed by atoms with E-state index in [9.17, 15) is 18.0 Å². The Balaban J connectivity index is 0.00000242. The molecule has 0 bridgehead atoms. The van der Waals surface area contributed by atoms with Crippen molar-refractivity contribution in [3.63, 3.8) is 0 Å². The number of amides is 1. The summed E-state index contributed by atoms with van der Waals surface area (Å²) in [4.78, 5) is 16.3. The minimum Gasteiger partial charge on any atom is -0.374 e. The van der Waals surface area contributed by atoms with Crippen molar-refractivity contribution in [1.82, 2.24) is 10.4 Å². The Morgan fingerprint density at radius 2 is 1.82 bits per heavy atom. The number of hydrogen-bond acceptors (Lipinski definition) is 4. The van der Waals surface area contributed by atoms with Gasteiger partial charge in [-0.15, -0.1) is 12.8 Å². The van der Waals surface area contributed by atoms with Crippen LogP contribution in [0.5, 0.6) is 0 Å². The summed E-state index contributed by atoms with van der Waals surface area (Å²) in [5.74, 6) is -0.226. The number of halogens is 5. The van der Waals surface area contributed by atoms with Gasteiger partial charge in [-0.1, -0.05) is 55.2 Å². The van der Waals surface area contributed by atoms with Crippen LogP contribution in [-0.4, -0.2) is 29.9 Å². The monoisotopic (exact) mass is 505 g/mol. The van der Waals surface area contributed by atoms with Crippen LogP contribution in [0.25, 0.3) is 0 Å². The van der Waals surface area contributed by atoms with Crippen molar-refractivity contribution in [2.45, 2.75) is 52.3 Å². The number of benzene rings is 1. The van der Waals surface area contributed by atoms with Crippen molar-refractivity contribution in [2.24, 2.45) is 5.16 Å². The molecule has 1 unspecified atom stereocenters. The zero-order chi connectivity index (χ0) is 25.8. The van der Waals surface area contributed by atoms with Crippen LogP contribution in [0.3, 0.4) is 0 Å². The molecule has 1 amide bonds. The summed E-state index contributed by atoms with van der Waals surface area (Å²) >= 11 is 11.8. The maximum Gasteiger partial charge on any atom is 0.435 e. The lowest BCUT2D eigenvalue weighted by molar-refractivity contribution is -0.275. The molecule has 1 aliphatic rings. The summed E-state index contributed by atoms with van der Waals surface area (Å²) in [5.41, 5.74) is 0.542. The van der Waals surface area contributed by atoms with Crippen molar-refractivity contribution < 1.29 is 22.8 Å². The molecule has 1 aromatic carbocycles. The number of nitrogens with zero attached hydrogens (tertiary/aromatic N) is 2. The van der Waals surface area contributed by atoms with Gasteiger partial charge in [0.15, 0.2) is 0 Å². The SMILES string of the molecule is C#C.CC.CC/C=C(\C=C\C1=NOC(c2cc(Cl)cc(Cl)c2)(C(F)(F)F)C1)NN(C)C(C)=O. The number of nitrogens with one attached hydrogen (secondary N) is 1. The molecule has 0 radical (unpaired) electrons. The van der Waals surface area contributed by atoms with Crippen LogP contribution >= 0.6 is 23.2 Å². The van der Waals surface area contributed by atoms with Gasteiger partial charge in [0.05, 0.1) is 11.4 Å². The van der Waals surface area contributed by atoms with Gasteiger partial charge in [0.25, 0.3) is 5.60 Å². The Morgan fingerprint density at radius 1 is 1.27 bits per heavy atom. The molecule has 0 aromatic heterocycles. The largest absolute Gasteiger partial charge is 0.435 e. The standard InChI is InChI=1S/C19H20Cl2F3N3O2.C2H6.C2H2/c1-4-5-16(25-27(3)12(2)28)6-7-17-11-18(29-26-17,19(22,23)24)13-8-14(20)10-15(21)9-13;2*1-2/h5-10,25H,4,11H2,1-3H3;1-2H3;1-2H/b7-6+,16-5+;;. The Labute approximate surface area is 203 Å². The third-order valence-corrected chi connectivity index (χ3v) is 4.62. The van der Waals surface area contributed by atoms with E-state index in [2.05, 4.69) is 23.4 Å². The van der Waals surface area contributed by atoms with Gasteiger partial charge in [0.2, 0.25) is 5.91 Å². The quantitative estimate of drug-likeness (QED) is 0.268. The van der Waals surface area contributed by atoms with E-state index in [1.165, 1.54) is 37.2 Å². The van der Waals surface area contributed by atoms with Gasteiger partial charge in [-0.05, 0) is 36.8 Å². The van der Waals surface area contributed by atoms with Crippen LogP contribution in [-0.2, 0) is 15.2 Å². The number of carbonyl (C=O) groups excluding carboxylic acids is 1. The summed E-state index contributed by atoms with van der Waals surface area (Å²) < 4.78 is 41.8. The van der Waals surface area contributed by atoms with Crippen LogP contribution in [0.1, 0.15) is 46.1 Å². The average molecular weight is 506 g/mol. The van der Waals surface area contributed by atoms with Crippen molar-refractivity contribution in [3.8, 4) is 12.8 Å². The van der Waals surface area contributed by atoms with Crippen LogP contribution in [0.4, 0.5) is 13.2 Å². The molecule has 1 atom stereocenters. The minimum absolute atomic E-state index is 0.0633. The Bertz CT molecular complexity index is 892. The predicted molar refractivity (Wildman–Crippen MR) is 128 cm³/mol. The lowest BCUT2D eigenvalue weighted by Crippen LogP contribution is -2.42. The maximum absolute atomic E-state index is 13.9. The first kappa shape index (κ1) is 30.4. The Hall–Kier alpha value is -2.63. The molecular formula is C23H28Cl2F3N3O2. The summed E-state index contributed by atoms with van der Waals surface area (Å²) in [7, 11) is 1.54. The van der Waals surface area contributed by atoms with Gasteiger partial charge in [0.1, 0.15) is 0 Å². The molecule has 0 aliphatic carbocycles. The van der Waals surface area contributed by atoms with E-state index in [0.717, 1.165) is 12.1 Å². The highest BCUT2D eigenvalue weighted by Crippen LogP contribution is 2.49. The second-order valence-corrected chi connectivity index (χ2v) is 7.30. The molecule has 182 valence electrons. The lowest BCUT2D eigenvalue weighted by atomic mass is 9.88. The van der Waals surface area contributed by atoms with Gasteiger partial charge in [-0.3, -0.25) is 15.2 Å². The second kappa shape index (κ2) is 13.8. The summed E-state index contributed by atoms with van der Waals surface area (Å²) in [5, 5.41) is 5.01. The molecular weight excluding hydrogens is 478 g/mol. The topological polar surface area (TPSA) is 53.9 Å². The van der Waals surface area contributed by atoms with E-state index in [1.54, 1.807) is 6.08 Å². The number of alkyl halides is 3. The number of allylic oxidation sites excluding steroid dienone is 3. The van der Waals surface area contributed by atoms with E-state index in [1.807, 2.05) is 20.8 Å². The van der Waals surface area contributed by atoms with E-state index in [4.69, 9.17) is 28.0 Å². The van der Waals surface area contributed by atoms with Crippen molar-refractivity contribution in [3.05, 3.63) is 57.7 Å². The fraction of sp³-hybridized carbons (Fsp3) is 0.391. The molecule has 1 N–H and O–H groups in total. The van der Waals surface area contributed by atoms with Gasteiger partial charge in [0, 0.05) is 36.0 Å². The van der Waals surface area contributed by atoms with Crippen LogP contribution in [0, 0.1) is 12.8 Å². The van der Waals surface area contributed by atoms with Crippen molar-refractivity contribution in [2.75, 3.05) is 7.05 Å².